The zero-order valence-electron chi connectivity index (χ0n) is 12.4. The number of hydrogen-bond donors (Lipinski definition) is 2. The van der Waals surface area contributed by atoms with E-state index in [2.05, 4.69) is 5.32 Å². The number of nitriles is 1. The van der Waals surface area contributed by atoms with Crippen LogP contribution in [0.3, 0.4) is 0 Å². The second-order valence-corrected chi connectivity index (χ2v) is 5.43. The highest BCUT2D eigenvalue weighted by atomic mass is 19.1. The number of aliphatic hydroxyl groups is 1. The standard InChI is InChI=1S/C16H20FN3O2/c17-15-6-3-12(10-18)9-13(15)11-19-16(22)20(14-4-5-14)7-1-2-8-21/h3,6,9,14,21H,1-2,4-5,7-8,11H2,(H,19,22). The van der Waals surface area contributed by atoms with Crippen molar-refractivity contribution in [2.75, 3.05) is 13.2 Å². The third kappa shape index (κ3) is 4.43. The summed E-state index contributed by atoms with van der Waals surface area (Å²) >= 11 is 0. The van der Waals surface area contributed by atoms with Crippen molar-refractivity contribution >= 4 is 6.03 Å². The Kier molecular flexibility index (Phi) is 5.73. The summed E-state index contributed by atoms with van der Waals surface area (Å²) in [6, 6.07) is 6.08. The van der Waals surface area contributed by atoms with Gasteiger partial charge in [0, 0.05) is 31.3 Å². The van der Waals surface area contributed by atoms with E-state index < -0.39 is 5.82 Å². The molecular formula is C16H20FN3O2. The minimum Gasteiger partial charge on any atom is -0.396 e. The maximum atomic E-state index is 13.7. The molecule has 2 N–H and O–H groups in total. The smallest absolute Gasteiger partial charge is 0.317 e. The molecule has 1 aliphatic carbocycles. The van der Waals surface area contributed by atoms with E-state index in [0.29, 0.717) is 24.1 Å². The summed E-state index contributed by atoms with van der Waals surface area (Å²) in [6.45, 7) is 0.771. The average molecular weight is 305 g/mol. The third-order valence-electron chi connectivity index (χ3n) is 3.66. The van der Waals surface area contributed by atoms with Crippen LogP contribution >= 0.6 is 0 Å². The lowest BCUT2D eigenvalue weighted by atomic mass is 10.1. The van der Waals surface area contributed by atoms with Gasteiger partial charge in [-0.1, -0.05) is 0 Å². The third-order valence-corrected chi connectivity index (χ3v) is 3.66. The van der Waals surface area contributed by atoms with E-state index >= 15 is 0 Å². The Balaban J connectivity index is 1.91. The molecule has 0 aromatic heterocycles. The molecule has 0 unspecified atom stereocenters. The van der Waals surface area contributed by atoms with Gasteiger partial charge in [0.05, 0.1) is 11.6 Å². The van der Waals surface area contributed by atoms with Gasteiger partial charge in [-0.05, 0) is 43.9 Å². The molecule has 118 valence electrons. The van der Waals surface area contributed by atoms with Crippen LogP contribution in [0.4, 0.5) is 9.18 Å². The van der Waals surface area contributed by atoms with Crippen molar-refractivity contribution < 1.29 is 14.3 Å². The molecule has 5 nitrogen and oxygen atoms in total. The summed E-state index contributed by atoms with van der Waals surface area (Å²) < 4.78 is 13.7. The number of amides is 2. The molecule has 0 radical (unpaired) electrons. The van der Waals surface area contributed by atoms with Crippen LogP contribution in [-0.4, -0.2) is 35.2 Å². The minimum atomic E-state index is -0.433. The molecule has 1 fully saturated rings. The molecule has 0 heterocycles. The molecule has 0 aliphatic heterocycles. The highest BCUT2D eigenvalue weighted by Gasteiger charge is 2.32. The molecule has 2 rings (SSSR count). The number of carbonyl (C=O) groups excluding carboxylic acids is 1. The zero-order valence-corrected chi connectivity index (χ0v) is 12.4. The second kappa shape index (κ2) is 7.76. The van der Waals surface area contributed by atoms with Crippen LogP contribution in [0.15, 0.2) is 18.2 Å². The largest absolute Gasteiger partial charge is 0.396 e. The van der Waals surface area contributed by atoms with Gasteiger partial charge in [-0.2, -0.15) is 5.26 Å². The molecule has 1 saturated carbocycles. The van der Waals surface area contributed by atoms with E-state index in [9.17, 15) is 9.18 Å². The van der Waals surface area contributed by atoms with E-state index in [1.54, 1.807) is 4.90 Å². The Bertz CT molecular complexity index is 567. The van der Waals surface area contributed by atoms with Gasteiger partial charge in [0.25, 0.3) is 0 Å². The molecule has 1 aromatic rings. The topological polar surface area (TPSA) is 76.4 Å². The minimum absolute atomic E-state index is 0.0589. The summed E-state index contributed by atoms with van der Waals surface area (Å²) in [5.41, 5.74) is 0.672. The molecule has 1 aliphatic rings. The molecule has 1 aromatic carbocycles. The summed E-state index contributed by atoms with van der Waals surface area (Å²) in [5.74, 6) is -0.433. The SMILES string of the molecule is N#Cc1ccc(F)c(CNC(=O)N(CCCCO)C2CC2)c1. The van der Waals surface area contributed by atoms with Crippen molar-refractivity contribution in [2.45, 2.75) is 38.3 Å². The lowest BCUT2D eigenvalue weighted by Crippen LogP contribution is -2.41. The van der Waals surface area contributed by atoms with Crippen molar-refractivity contribution in [1.82, 2.24) is 10.2 Å². The Hall–Kier alpha value is -2.13. The number of rotatable bonds is 7. The number of nitrogens with zero attached hydrogens (tertiary/aromatic N) is 2. The van der Waals surface area contributed by atoms with E-state index in [4.69, 9.17) is 10.4 Å². The second-order valence-electron chi connectivity index (χ2n) is 5.43. The van der Waals surface area contributed by atoms with Crippen molar-refractivity contribution in [3.63, 3.8) is 0 Å². The van der Waals surface area contributed by atoms with Gasteiger partial charge in [0.15, 0.2) is 0 Å². The number of benzene rings is 1. The van der Waals surface area contributed by atoms with E-state index in [1.165, 1.54) is 18.2 Å². The highest BCUT2D eigenvalue weighted by molar-refractivity contribution is 5.74. The predicted octanol–water partition coefficient (Wildman–Crippen LogP) is 2.14. The first-order chi connectivity index (χ1) is 10.7. The number of carbonyl (C=O) groups is 1. The monoisotopic (exact) mass is 305 g/mol. The Morgan fingerprint density at radius 2 is 2.23 bits per heavy atom. The fourth-order valence-electron chi connectivity index (χ4n) is 2.28. The van der Waals surface area contributed by atoms with Gasteiger partial charge in [0.2, 0.25) is 0 Å². The predicted molar refractivity (Wildman–Crippen MR) is 79.4 cm³/mol. The van der Waals surface area contributed by atoms with Crippen LogP contribution < -0.4 is 5.32 Å². The van der Waals surface area contributed by atoms with Crippen LogP contribution in [0, 0.1) is 17.1 Å². The number of halogens is 1. The Labute approximate surface area is 129 Å². The highest BCUT2D eigenvalue weighted by Crippen LogP contribution is 2.27. The molecule has 6 heteroatoms. The molecule has 22 heavy (non-hydrogen) atoms. The maximum Gasteiger partial charge on any atom is 0.317 e. The molecular weight excluding hydrogens is 285 g/mol. The first kappa shape index (κ1) is 16.2. The van der Waals surface area contributed by atoms with Gasteiger partial charge >= 0.3 is 6.03 Å². The quantitative estimate of drug-likeness (QED) is 0.758. The molecule has 0 spiro atoms. The van der Waals surface area contributed by atoms with Crippen molar-refractivity contribution in [3.05, 3.63) is 35.1 Å². The van der Waals surface area contributed by atoms with E-state index in [1.807, 2.05) is 6.07 Å². The number of urea groups is 1. The zero-order chi connectivity index (χ0) is 15.9. The Morgan fingerprint density at radius 3 is 2.86 bits per heavy atom. The van der Waals surface area contributed by atoms with Crippen LogP contribution in [0.25, 0.3) is 0 Å². The maximum absolute atomic E-state index is 13.7. The normalized spacial score (nSPS) is 13.5. The van der Waals surface area contributed by atoms with Crippen LogP contribution in [-0.2, 0) is 6.54 Å². The molecule has 0 atom stereocenters. The first-order valence-corrected chi connectivity index (χ1v) is 7.49. The van der Waals surface area contributed by atoms with E-state index in [-0.39, 0.29) is 25.2 Å². The summed E-state index contributed by atoms with van der Waals surface area (Å²) in [7, 11) is 0. The summed E-state index contributed by atoms with van der Waals surface area (Å²) in [4.78, 5) is 14.0. The Morgan fingerprint density at radius 1 is 1.45 bits per heavy atom. The van der Waals surface area contributed by atoms with Gasteiger partial charge in [0.1, 0.15) is 5.82 Å². The average Bonchev–Trinajstić information content (AvgIpc) is 3.35. The van der Waals surface area contributed by atoms with Crippen molar-refractivity contribution in [2.24, 2.45) is 0 Å². The summed E-state index contributed by atoms with van der Waals surface area (Å²) in [6.07, 6.45) is 3.39. The number of unbranched alkanes of at least 4 members (excludes halogenated alkanes) is 1. The van der Waals surface area contributed by atoms with Gasteiger partial charge < -0.3 is 15.3 Å². The molecule has 2 amide bonds. The van der Waals surface area contributed by atoms with Crippen LogP contribution in [0.2, 0.25) is 0 Å². The number of nitrogens with one attached hydrogen (secondary N) is 1. The lowest BCUT2D eigenvalue weighted by molar-refractivity contribution is 0.190. The van der Waals surface area contributed by atoms with Crippen molar-refractivity contribution in [3.8, 4) is 6.07 Å². The van der Waals surface area contributed by atoms with Gasteiger partial charge in [-0.15, -0.1) is 0 Å². The van der Waals surface area contributed by atoms with Gasteiger partial charge in [-0.25, -0.2) is 9.18 Å². The van der Waals surface area contributed by atoms with E-state index in [0.717, 1.165) is 19.3 Å². The fourth-order valence-corrected chi connectivity index (χ4v) is 2.28. The summed E-state index contributed by atoms with van der Waals surface area (Å²) in [5, 5.41) is 20.4. The fraction of sp³-hybridized carbons (Fsp3) is 0.500. The lowest BCUT2D eigenvalue weighted by Gasteiger charge is -2.23. The number of hydrogen-bond acceptors (Lipinski definition) is 3. The number of aliphatic hydroxyl groups excluding tert-OH is 1. The van der Waals surface area contributed by atoms with Crippen molar-refractivity contribution in [1.29, 1.82) is 5.26 Å². The molecule has 0 bridgehead atoms. The molecule has 0 saturated heterocycles. The first-order valence-electron chi connectivity index (χ1n) is 7.49. The van der Waals surface area contributed by atoms with Crippen LogP contribution in [0.5, 0.6) is 0 Å². The van der Waals surface area contributed by atoms with Gasteiger partial charge in [-0.3, -0.25) is 0 Å². The van der Waals surface area contributed by atoms with Crippen LogP contribution in [0.1, 0.15) is 36.8 Å².